The van der Waals surface area contributed by atoms with Crippen LogP contribution in [0.1, 0.15) is 23.3 Å². The van der Waals surface area contributed by atoms with Crippen molar-refractivity contribution in [1.29, 1.82) is 0 Å². The Morgan fingerprint density at radius 3 is 1.93 bits per heavy atom. The summed E-state index contributed by atoms with van der Waals surface area (Å²) in [4.78, 5) is 12.3. The second kappa shape index (κ2) is 7.95. The monoisotopic (exact) mass is 390 g/mol. The normalized spacial score (nSPS) is 21.1. The summed E-state index contributed by atoms with van der Waals surface area (Å²) in [6, 6.07) is 8.62. The molecule has 1 saturated heterocycles. The highest BCUT2D eigenvalue weighted by atomic mass is 16.5. The molecule has 0 saturated carbocycles. The van der Waals surface area contributed by atoms with Crippen LogP contribution in [0.15, 0.2) is 36.4 Å². The van der Waals surface area contributed by atoms with Crippen LogP contribution >= 0.6 is 0 Å². The quantitative estimate of drug-likeness (QED) is 0.549. The number of cyclic esters (lactones) is 1. The maximum atomic E-state index is 12.3. The molecule has 0 bridgehead atoms. The number of hydrogen-bond donors (Lipinski definition) is 4. The summed E-state index contributed by atoms with van der Waals surface area (Å²) in [7, 11) is 2.76. The summed E-state index contributed by atoms with van der Waals surface area (Å²) in [5.41, 5.74) is 0.762. The predicted octanol–water partition coefficient (Wildman–Crippen LogP) is 1.67. The molecule has 8 heteroatoms. The van der Waals surface area contributed by atoms with Gasteiger partial charge in [0.25, 0.3) is 0 Å². The van der Waals surface area contributed by atoms with Crippen molar-refractivity contribution in [1.82, 2.24) is 0 Å². The average molecular weight is 390 g/mol. The fourth-order valence-electron chi connectivity index (χ4n) is 3.41. The van der Waals surface area contributed by atoms with Crippen molar-refractivity contribution in [2.75, 3.05) is 20.8 Å². The van der Waals surface area contributed by atoms with E-state index in [2.05, 4.69) is 0 Å². The Morgan fingerprint density at radius 2 is 1.43 bits per heavy atom. The molecule has 1 heterocycles. The Kier molecular flexibility index (Phi) is 5.62. The number of carbonyl (C=O) groups excluding carboxylic acids is 1. The number of ether oxygens (including phenoxy) is 3. The molecule has 2 aromatic carbocycles. The summed E-state index contributed by atoms with van der Waals surface area (Å²) in [6.45, 7) is -0.0693. The summed E-state index contributed by atoms with van der Waals surface area (Å²) in [5.74, 6) is -2.22. The zero-order valence-electron chi connectivity index (χ0n) is 15.4. The molecule has 4 N–H and O–H groups in total. The number of phenolic OH excluding ortho intramolecular Hbond substituents is 2. The SMILES string of the molecule is COc1cc([C@@H](O)[C@H]2C(=O)OC[C@@H]2[C@@H](O)c2ccc(O)c(OC)c2)ccc1O. The van der Waals surface area contributed by atoms with Gasteiger partial charge in [0.2, 0.25) is 0 Å². The van der Waals surface area contributed by atoms with Gasteiger partial charge >= 0.3 is 5.97 Å². The lowest BCUT2D eigenvalue weighted by Crippen LogP contribution is -2.28. The van der Waals surface area contributed by atoms with E-state index in [1.54, 1.807) is 0 Å². The molecule has 2 aromatic rings. The van der Waals surface area contributed by atoms with Gasteiger partial charge in [-0.2, -0.15) is 0 Å². The van der Waals surface area contributed by atoms with Crippen LogP contribution in [0.25, 0.3) is 0 Å². The minimum Gasteiger partial charge on any atom is -0.504 e. The van der Waals surface area contributed by atoms with Crippen LogP contribution in [0.3, 0.4) is 0 Å². The third kappa shape index (κ3) is 3.56. The number of methoxy groups -OCH3 is 2. The molecule has 0 aliphatic carbocycles. The van der Waals surface area contributed by atoms with Crippen LogP contribution in [0, 0.1) is 11.8 Å². The number of esters is 1. The van der Waals surface area contributed by atoms with Crippen LogP contribution in [0.4, 0.5) is 0 Å². The van der Waals surface area contributed by atoms with Crippen LogP contribution in [-0.4, -0.2) is 47.2 Å². The highest BCUT2D eigenvalue weighted by Crippen LogP contribution is 2.43. The van der Waals surface area contributed by atoms with Gasteiger partial charge in [-0.05, 0) is 35.4 Å². The average Bonchev–Trinajstić information content (AvgIpc) is 3.09. The summed E-state index contributed by atoms with van der Waals surface area (Å²) >= 11 is 0. The van der Waals surface area contributed by atoms with Gasteiger partial charge in [0.1, 0.15) is 0 Å². The molecule has 4 atom stereocenters. The standard InChI is InChI=1S/C20H22O8/c1-26-15-7-10(3-5-13(15)21)18(23)12-9-28-20(25)17(12)19(24)11-4-6-14(22)16(8-11)27-2/h3-8,12,17-19,21-24H,9H2,1-2H3/t12-,17-,18-,19+/m0/s1. The van der Waals surface area contributed by atoms with Gasteiger partial charge in [0.15, 0.2) is 23.0 Å². The van der Waals surface area contributed by atoms with Gasteiger partial charge in [-0.15, -0.1) is 0 Å². The number of carbonyl (C=O) groups is 1. The Labute approximate surface area is 161 Å². The third-order valence-corrected chi connectivity index (χ3v) is 4.99. The first kappa shape index (κ1) is 19.8. The predicted molar refractivity (Wildman–Crippen MR) is 97.2 cm³/mol. The van der Waals surface area contributed by atoms with Gasteiger partial charge in [0.05, 0.1) is 39.0 Å². The van der Waals surface area contributed by atoms with Crippen molar-refractivity contribution in [3.63, 3.8) is 0 Å². The molecule has 0 aromatic heterocycles. The third-order valence-electron chi connectivity index (χ3n) is 4.99. The second-order valence-electron chi connectivity index (χ2n) is 6.57. The maximum Gasteiger partial charge on any atom is 0.312 e. The first-order chi connectivity index (χ1) is 13.4. The van der Waals surface area contributed by atoms with E-state index in [4.69, 9.17) is 14.2 Å². The van der Waals surface area contributed by atoms with Gasteiger partial charge in [-0.1, -0.05) is 12.1 Å². The molecule has 0 spiro atoms. The smallest absolute Gasteiger partial charge is 0.312 e. The minimum atomic E-state index is -1.27. The highest BCUT2D eigenvalue weighted by molar-refractivity contribution is 5.76. The minimum absolute atomic E-state index is 0.0693. The van der Waals surface area contributed by atoms with Crippen LogP contribution in [0.5, 0.6) is 23.0 Å². The van der Waals surface area contributed by atoms with Gasteiger partial charge < -0.3 is 34.6 Å². The number of rotatable bonds is 6. The van der Waals surface area contributed by atoms with E-state index in [0.717, 1.165) is 0 Å². The van der Waals surface area contributed by atoms with Crippen molar-refractivity contribution in [3.8, 4) is 23.0 Å². The Balaban J connectivity index is 1.90. The lowest BCUT2D eigenvalue weighted by molar-refractivity contribution is -0.144. The maximum absolute atomic E-state index is 12.3. The summed E-state index contributed by atoms with van der Waals surface area (Å²) < 4.78 is 15.2. The lowest BCUT2D eigenvalue weighted by atomic mass is 9.81. The largest absolute Gasteiger partial charge is 0.504 e. The number of hydrogen-bond acceptors (Lipinski definition) is 8. The number of aromatic hydroxyl groups is 2. The fourth-order valence-corrected chi connectivity index (χ4v) is 3.41. The van der Waals surface area contributed by atoms with E-state index in [-0.39, 0.29) is 29.6 Å². The summed E-state index contributed by atoms with van der Waals surface area (Å²) in [6.07, 6.45) is -2.41. The Hall–Kier alpha value is -2.97. The number of phenols is 2. The zero-order chi connectivity index (χ0) is 20.4. The van der Waals surface area contributed by atoms with Crippen molar-refractivity contribution in [3.05, 3.63) is 47.5 Å². The fraction of sp³-hybridized carbons (Fsp3) is 0.350. The number of aliphatic hydroxyl groups excluding tert-OH is 2. The molecule has 28 heavy (non-hydrogen) atoms. The number of aliphatic hydroxyl groups is 2. The molecule has 0 radical (unpaired) electrons. The molecule has 1 fully saturated rings. The second-order valence-corrected chi connectivity index (χ2v) is 6.57. The van der Waals surface area contributed by atoms with E-state index in [9.17, 15) is 25.2 Å². The molecule has 1 aliphatic rings. The van der Waals surface area contributed by atoms with E-state index >= 15 is 0 Å². The highest BCUT2D eigenvalue weighted by Gasteiger charge is 2.46. The van der Waals surface area contributed by atoms with Gasteiger partial charge in [-0.3, -0.25) is 4.79 Å². The van der Waals surface area contributed by atoms with Crippen molar-refractivity contribution in [2.24, 2.45) is 11.8 Å². The van der Waals surface area contributed by atoms with Crippen molar-refractivity contribution < 1.29 is 39.4 Å². The van der Waals surface area contributed by atoms with Crippen LogP contribution < -0.4 is 9.47 Å². The molecule has 3 rings (SSSR count). The lowest BCUT2D eigenvalue weighted by Gasteiger charge is -2.26. The first-order valence-corrected chi connectivity index (χ1v) is 8.64. The van der Waals surface area contributed by atoms with E-state index < -0.39 is 30.0 Å². The van der Waals surface area contributed by atoms with Crippen LogP contribution in [-0.2, 0) is 9.53 Å². The topological polar surface area (TPSA) is 126 Å². The molecular weight excluding hydrogens is 368 g/mol. The molecule has 0 unspecified atom stereocenters. The van der Waals surface area contributed by atoms with Crippen molar-refractivity contribution >= 4 is 5.97 Å². The molecule has 8 nitrogen and oxygen atoms in total. The number of benzene rings is 2. The van der Waals surface area contributed by atoms with Gasteiger partial charge in [0, 0.05) is 5.92 Å². The Morgan fingerprint density at radius 1 is 0.929 bits per heavy atom. The van der Waals surface area contributed by atoms with E-state index in [0.29, 0.717) is 11.1 Å². The summed E-state index contributed by atoms with van der Waals surface area (Å²) in [5, 5.41) is 41.1. The molecule has 150 valence electrons. The zero-order valence-corrected chi connectivity index (χ0v) is 15.4. The molecule has 1 aliphatic heterocycles. The van der Waals surface area contributed by atoms with E-state index in [1.807, 2.05) is 0 Å². The van der Waals surface area contributed by atoms with Crippen LogP contribution in [0.2, 0.25) is 0 Å². The Bertz CT molecular complexity index is 865. The van der Waals surface area contributed by atoms with Gasteiger partial charge in [-0.25, -0.2) is 0 Å². The molecular formula is C20H22O8. The van der Waals surface area contributed by atoms with E-state index in [1.165, 1.54) is 50.6 Å². The molecule has 0 amide bonds. The first-order valence-electron chi connectivity index (χ1n) is 8.64. The van der Waals surface area contributed by atoms with Crippen molar-refractivity contribution in [2.45, 2.75) is 12.2 Å².